The third-order valence-corrected chi connectivity index (χ3v) is 4.78. The summed E-state index contributed by atoms with van der Waals surface area (Å²) in [6.45, 7) is 3.68. The van der Waals surface area contributed by atoms with Gasteiger partial charge in [0.15, 0.2) is 5.13 Å². The number of thiazole rings is 1. The number of benzene rings is 1. The first-order chi connectivity index (χ1) is 13.4. The van der Waals surface area contributed by atoms with Crippen LogP contribution in [-0.2, 0) is 4.79 Å². The smallest absolute Gasteiger partial charge is 0.271 e. The Morgan fingerprint density at radius 2 is 2.18 bits per heavy atom. The molecule has 0 aliphatic carbocycles. The minimum atomic E-state index is -0.544. The van der Waals surface area contributed by atoms with Gasteiger partial charge in [0.1, 0.15) is 11.6 Å². The van der Waals surface area contributed by atoms with Crippen molar-refractivity contribution < 1.29 is 9.72 Å². The minimum Gasteiger partial charge on any atom is -0.318 e. The molecule has 0 radical (unpaired) electrons. The van der Waals surface area contributed by atoms with E-state index in [1.54, 1.807) is 23.7 Å². The summed E-state index contributed by atoms with van der Waals surface area (Å²) in [5.41, 5.74) is 2.82. The van der Waals surface area contributed by atoms with Gasteiger partial charge in [-0.2, -0.15) is 5.26 Å². The largest absolute Gasteiger partial charge is 0.318 e. The molecule has 1 amide bonds. The summed E-state index contributed by atoms with van der Waals surface area (Å²) < 4.78 is 1.84. The van der Waals surface area contributed by atoms with Gasteiger partial charge in [-0.15, -0.1) is 11.3 Å². The molecule has 0 aliphatic heterocycles. The monoisotopic (exact) mass is 393 g/mol. The van der Waals surface area contributed by atoms with Crippen molar-refractivity contribution in [2.24, 2.45) is 0 Å². The van der Waals surface area contributed by atoms with Crippen molar-refractivity contribution in [2.45, 2.75) is 13.8 Å². The Labute approximate surface area is 164 Å². The van der Waals surface area contributed by atoms with E-state index in [2.05, 4.69) is 10.3 Å². The summed E-state index contributed by atoms with van der Waals surface area (Å²) in [5, 5.41) is 25.2. The van der Waals surface area contributed by atoms with E-state index in [4.69, 9.17) is 0 Å². The Balaban J connectivity index is 1.98. The fourth-order valence-corrected chi connectivity index (χ4v) is 3.35. The molecule has 1 aromatic carbocycles. The highest BCUT2D eigenvalue weighted by Crippen LogP contribution is 2.25. The highest BCUT2D eigenvalue weighted by atomic mass is 32.1. The Kier molecular flexibility index (Phi) is 5.33. The molecule has 0 bridgehead atoms. The number of nitro benzene ring substituents is 1. The normalized spacial score (nSPS) is 11.1. The first kappa shape index (κ1) is 19.0. The highest BCUT2D eigenvalue weighted by molar-refractivity contribution is 7.13. The van der Waals surface area contributed by atoms with Gasteiger partial charge in [0.2, 0.25) is 0 Å². The number of nitriles is 1. The lowest BCUT2D eigenvalue weighted by Gasteiger charge is -2.09. The number of hydrogen-bond donors (Lipinski definition) is 1. The predicted molar refractivity (Wildman–Crippen MR) is 106 cm³/mol. The van der Waals surface area contributed by atoms with Crippen LogP contribution in [0.1, 0.15) is 17.0 Å². The lowest BCUT2D eigenvalue weighted by Crippen LogP contribution is -2.13. The molecular formula is C19H15N5O3S. The molecule has 9 heteroatoms. The number of aromatic nitrogens is 2. The number of nitro groups is 1. The number of nitrogens with one attached hydrogen (secondary N) is 1. The van der Waals surface area contributed by atoms with Gasteiger partial charge < -0.3 is 4.57 Å². The Morgan fingerprint density at radius 1 is 1.39 bits per heavy atom. The third-order valence-electron chi connectivity index (χ3n) is 4.09. The molecule has 3 aromatic rings. The first-order valence-electron chi connectivity index (χ1n) is 8.17. The number of non-ortho nitro benzene ring substituents is 1. The summed E-state index contributed by atoms with van der Waals surface area (Å²) in [6.07, 6.45) is 3.06. The zero-order chi connectivity index (χ0) is 20.3. The number of carbonyl (C=O) groups excluding carboxylic acids is 1. The van der Waals surface area contributed by atoms with Gasteiger partial charge in [-0.3, -0.25) is 20.2 Å². The van der Waals surface area contributed by atoms with Gasteiger partial charge in [0.25, 0.3) is 11.6 Å². The van der Waals surface area contributed by atoms with Gasteiger partial charge in [-0.05, 0) is 37.6 Å². The lowest BCUT2D eigenvalue weighted by molar-refractivity contribution is -0.384. The van der Waals surface area contributed by atoms with E-state index in [9.17, 15) is 20.2 Å². The van der Waals surface area contributed by atoms with Crippen LogP contribution in [0.25, 0.3) is 11.8 Å². The zero-order valence-electron chi connectivity index (χ0n) is 15.0. The van der Waals surface area contributed by atoms with Crippen LogP contribution < -0.4 is 5.32 Å². The Hall–Kier alpha value is -3.77. The summed E-state index contributed by atoms with van der Waals surface area (Å²) in [7, 11) is 0. The summed E-state index contributed by atoms with van der Waals surface area (Å²) in [6, 6.07) is 10.0. The van der Waals surface area contributed by atoms with Crippen molar-refractivity contribution in [1.29, 1.82) is 5.26 Å². The van der Waals surface area contributed by atoms with Gasteiger partial charge in [0.05, 0.1) is 10.6 Å². The van der Waals surface area contributed by atoms with E-state index in [1.165, 1.54) is 29.5 Å². The summed E-state index contributed by atoms with van der Waals surface area (Å²) in [4.78, 5) is 26.9. The van der Waals surface area contributed by atoms with Crippen LogP contribution in [0.4, 0.5) is 10.8 Å². The SMILES string of the molecule is Cc1cc(/C=C(\C#N)C(=O)Nc2nccs2)c(C)n1-c1cccc([N+](=O)[O-])c1. The van der Waals surface area contributed by atoms with Crippen LogP contribution in [0.2, 0.25) is 0 Å². The maximum atomic E-state index is 12.3. The average molecular weight is 393 g/mol. The van der Waals surface area contributed by atoms with Crippen molar-refractivity contribution in [3.8, 4) is 11.8 Å². The standard InChI is InChI=1S/C19H15N5O3S/c1-12-8-14(9-15(11-20)18(25)22-19-21-6-7-28-19)13(2)23(12)16-4-3-5-17(10-16)24(26)27/h3-10H,1-2H3,(H,21,22,25)/b15-9+. The van der Waals surface area contributed by atoms with E-state index >= 15 is 0 Å². The molecule has 8 nitrogen and oxygen atoms in total. The van der Waals surface area contributed by atoms with Crippen molar-refractivity contribution in [3.05, 3.63) is 74.5 Å². The molecule has 1 N–H and O–H groups in total. The van der Waals surface area contributed by atoms with Gasteiger partial charge in [-0.25, -0.2) is 4.98 Å². The number of aryl methyl sites for hydroxylation is 1. The number of carbonyl (C=O) groups is 1. The predicted octanol–water partition coefficient (Wildman–Crippen LogP) is 4.00. The first-order valence-corrected chi connectivity index (χ1v) is 9.05. The number of hydrogen-bond acceptors (Lipinski definition) is 6. The molecule has 0 atom stereocenters. The molecule has 0 saturated heterocycles. The molecule has 0 unspecified atom stereocenters. The van der Waals surface area contributed by atoms with Gasteiger partial charge >= 0.3 is 0 Å². The second kappa shape index (κ2) is 7.85. The molecule has 0 fully saturated rings. The number of anilines is 1. The Morgan fingerprint density at radius 3 is 2.82 bits per heavy atom. The van der Waals surface area contributed by atoms with Crippen molar-refractivity contribution in [1.82, 2.24) is 9.55 Å². The number of nitrogens with zero attached hydrogens (tertiary/aromatic N) is 4. The second-order valence-electron chi connectivity index (χ2n) is 5.90. The third kappa shape index (κ3) is 3.82. The fraction of sp³-hybridized carbons (Fsp3) is 0.105. The lowest BCUT2D eigenvalue weighted by atomic mass is 10.1. The van der Waals surface area contributed by atoms with Crippen LogP contribution in [0.5, 0.6) is 0 Å². The molecule has 2 aromatic heterocycles. The molecule has 28 heavy (non-hydrogen) atoms. The van der Waals surface area contributed by atoms with Gasteiger partial charge in [-0.1, -0.05) is 6.07 Å². The summed E-state index contributed by atoms with van der Waals surface area (Å²) in [5.74, 6) is -0.544. The van der Waals surface area contributed by atoms with Crippen LogP contribution in [-0.4, -0.2) is 20.4 Å². The van der Waals surface area contributed by atoms with E-state index in [-0.39, 0.29) is 11.3 Å². The number of rotatable bonds is 5. The van der Waals surface area contributed by atoms with Crippen molar-refractivity contribution in [2.75, 3.05) is 5.32 Å². The molecule has 0 aliphatic rings. The number of amides is 1. The molecule has 3 rings (SSSR count). The topological polar surface area (TPSA) is 114 Å². The van der Waals surface area contributed by atoms with Crippen LogP contribution in [0.15, 0.2) is 47.5 Å². The van der Waals surface area contributed by atoms with E-state index < -0.39 is 10.8 Å². The van der Waals surface area contributed by atoms with E-state index in [1.807, 2.05) is 30.6 Å². The quantitative estimate of drug-likeness (QED) is 0.304. The fourth-order valence-electron chi connectivity index (χ4n) is 2.83. The molecular weight excluding hydrogens is 378 g/mol. The molecule has 0 saturated carbocycles. The minimum absolute atomic E-state index is 0.0115. The molecule has 2 heterocycles. The van der Waals surface area contributed by atoms with Crippen LogP contribution in [0, 0.1) is 35.3 Å². The van der Waals surface area contributed by atoms with Crippen molar-refractivity contribution >= 4 is 34.1 Å². The Bertz CT molecular complexity index is 1120. The maximum Gasteiger partial charge on any atom is 0.271 e. The van der Waals surface area contributed by atoms with E-state index in [0.717, 1.165) is 11.4 Å². The van der Waals surface area contributed by atoms with Crippen molar-refractivity contribution in [3.63, 3.8) is 0 Å². The zero-order valence-corrected chi connectivity index (χ0v) is 15.9. The average Bonchev–Trinajstić information content (AvgIpc) is 3.27. The molecule has 140 valence electrons. The van der Waals surface area contributed by atoms with Crippen LogP contribution in [0.3, 0.4) is 0 Å². The highest BCUT2D eigenvalue weighted by Gasteiger charge is 2.16. The van der Waals surface area contributed by atoms with Gasteiger partial charge in [0, 0.05) is 35.1 Å². The summed E-state index contributed by atoms with van der Waals surface area (Å²) >= 11 is 1.26. The van der Waals surface area contributed by atoms with E-state index in [0.29, 0.717) is 16.4 Å². The molecule has 0 spiro atoms. The van der Waals surface area contributed by atoms with Crippen LogP contribution >= 0.6 is 11.3 Å². The second-order valence-corrected chi connectivity index (χ2v) is 6.79. The maximum absolute atomic E-state index is 12.3.